The third-order valence-corrected chi connectivity index (χ3v) is 2.64. The second-order valence-corrected chi connectivity index (χ2v) is 4.19. The van der Waals surface area contributed by atoms with Crippen molar-refractivity contribution in [2.75, 3.05) is 20.6 Å². The molecule has 12 heavy (non-hydrogen) atoms. The first-order valence-electron chi connectivity index (χ1n) is 4.13. The van der Waals surface area contributed by atoms with Crippen LogP contribution < -0.4 is 5.73 Å². The Labute approximate surface area is 78.0 Å². The third-order valence-electron chi connectivity index (χ3n) is 1.60. The molecule has 0 aromatic carbocycles. The van der Waals surface area contributed by atoms with Gasteiger partial charge in [-0.1, -0.05) is 0 Å². The number of nitrogens with two attached hydrogens (primary N) is 1. The van der Waals surface area contributed by atoms with Crippen molar-refractivity contribution in [2.24, 2.45) is 5.73 Å². The van der Waals surface area contributed by atoms with Gasteiger partial charge >= 0.3 is 0 Å². The maximum atomic E-state index is 5.47. The summed E-state index contributed by atoms with van der Waals surface area (Å²) in [6.45, 7) is 1.78. The third kappa shape index (κ3) is 2.93. The summed E-state index contributed by atoms with van der Waals surface area (Å²) in [7, 11) is 4.17. The van der Waals surface area contributed by atoms with E-state index in [1.807, 2.05) is 11.3 Å². The lowest BCUT2D eigenvalue weighted by Gasteiger charge is -2.06. The minimum Gasteiger partial charge on any atom is -0.330 e. The van der Waals surface area contributed by atoms with E-state index < -0.39 is 0 Å². The van der Waals surface area contributed by atoms with Crippen molar-refractivity contribution in [3.63, 3.8) is 0 Å². The van der Waals surface area contributed by atoms with Gasteiger partial charge in [0.25, 0.3) is 0 Å². The molecule has 2 nitrogen and oxygen atoms in total. The highest BCUT2D eigenvalue weighted by molar-refractivity contribution is 7.10. The van der Waals surface area contributed by atoms with Crippen LogP contribution in [-0.2, 0) is 13.0 Å². The van der Waals surface area contributed by atoms with E-state index in [9.17, 15) is 0 Å². The van der Waals surface area contributed by atoms with E-state index in [1.54, 1.807) is 0 Å². The summed E-state index contributed by atoms with van der Waals surface area (Å²) in [5.74, 6) is 0. The molecule has 1 heterocycles. The predicted octanol–water partition coefficient (Wildman–Crippen LogP) is 1.31. The molecule has 0 saturated carbocycles. The van der Waals surface area contributed by atoms with Crippen molar-refractivity contribution >= 4 is 11.3 Å². The molecule has 0 bridgehead atoms. The molecule has 0 amide bonds. The van der Waals surface area contributed by atoms with Crippen molar-refractivity contribution in [2.45, 2.75) is 13.0 Å². The summed E-state index contributed by atoms with van der Waals surface area (Å²) in [4.78, 5) is 3.57. The van der Waals surface area contributed by atoms with Crippen LogP contribution in [-0.4, -0.2) is 25.5 Å². The zero-order valence-electron chi connectivity index (χ0n) is 7.71. The Bertz CT molecular complexity index is 230. The highest BCUT2D eigenvalue weighted by atomic mass is 32.1. The molecule has 3 heteroatoms. The summed E-state index contributed by atoms with van der Waals surface area (Å²) in [5.41, 5.74) is 6.86. The maximum Gasteiger partial charge on any atom is 0.0235 e. The zero-order chi connectivity index (χ0) is 8.97. The van der Waals surface area contributed by atoms with Crippen LogP contribution >= 0.6 is 11.3 Å². The standard InChI is InChI=1S/C9H16N2S/c1-11(2)6-8-5-9(3-4-10)12-7-8/h5,7H,3-4,6,10H2,1-2H3. The molecule has 0 aliphatic heterocycles. The van der Waals surface area contributed by atoms with Crippen molar-refractivity contribution < 1.29 is 0 Å². The Hall–Kier alpha value is -0.380. The van der Waals surface area contributed by atoms with Crippen LogP contribution in [0.3, 0.4) is 0 Å². The Morgan fingerprint density at radius 1 is 1.50 bits per heavy atom. The van der Waals surface area contributed by atoms with Gasteiger partial charge in [0, 0.05) is 11.4 Å². The average molecular weight is 184 g/mol. The van der Waals surface area contributed by atoms with E-state index >= 15 is 0 Å². The monoisotopic (exact) mass is 184 g/mol. The van der Waals surface area contributed by atoms with Gasteiger partial charge in [-0.25, -0.2) is 0 Å². The summed E-state index contributed by atoms with van der Waals surface area (Å²) >= 11 is 1.81. The molecule has 0 unspecified atom stereocenters. The van der Waals surface area contributed by atoms with Gasteiger partial charge in [-0.15, -0.1) is 11.3 Å². The fourth-order valence-electron chi connectivity index (χ4n) is 1.15. The number of hydrogen-bond acceptors (Lipinski definition) is 3. The minimum absolute atomic E-state index is 0.752. The molecule has 0 radical (unpaired) electrons. The molecule has 1 aromatic heterocycles. The Balaban J connectivity index is 2.52. The highest BCUT2D eigenvalue weighted by Crippen LogP contribution is 2.15. The van der Waals surface area contributed by atoms with Crippen LogP contribution in [0.2, 0.25) is 0 Å². The van der Waals surface area contributed by atoms with Crippen molar-refractivity contribution in [1.82, 2.24) is 4.90 Å². The molecular formula is C9H16N2S. The van der Waals surface area contributed by atoms with Crippen molar-refractivity contribution in [3.8, 4) is 0 Å². The first-order chi connectivity index (χ1) is 5.72. The molecular weight excluding hydrogens is 168 g/mol. The topological polar surface area (TPSA) is 29.3 Å². The average Bonchev–Trinajstić information content (AvgIpc) is 2.36. The first-order valence-corrected chi connectivity index (χ1v) is 5.01. The molecule has 0 spiro atoms. The molecule has 0 atom stereocenters. The number of rotatable bonds is 4. The SMILES string of the molecule is CN(C)Cc1csc(CCN)c1. The zero-order valence-corrected chi connectivity index (χ0v) is 8.53. The molecule has 2 N–H and O–H groups in total. The fourth-order valence-corrected chi connectivity index (χ4v) is 2.05. The second kappa shape index (κ2) is 4.60. The quantitative estimate of drug-likeness (QED) is 0.764. The first kappa shape index (κ1) is 9.71. The van der Waals surface area contributed by atoms with Gasteiger partial charge in [-0.05, 0) is 44.1 Å². The van der Waals surface area contributed by atoms with Gasteiger partial charge in [-0.3, -0.25) is 0 Å². The van der Waals surface area contributed by atoms with Crippen molar-refractivity contribution in [1.29, 1.82) is 0 Å². The predicted molar refractivity (Wildman–Crippen MR) is 54.5 cm³/mol. The van der Waals surface area contributed by atoms with Crippen LogP contribution in [0, 0.1) is 0 Å². The Morgan fingerprint density at radius 2 is 2.25 bits per heavy atom. The van der Waals surface area contributed by atoms with Gasteiger partial charge in [0.05, 0.1) is 0 Å². The van der Waals surface area contributed by atoms with E-state index in [-0.39, 0.29) is 0 Å². The van der Waals surface area contributed by atoms with E-state index in [2.05, 4.69) is 30.4 Å². The summed E-state index contributed by atoms with van der Waals surface area (Å²) in [6, 6.07) is 2.25. The second-order valence-electron chi connectivity index (χ2n) is 3.20. The summed E-state index contributed by atoms with van der Waals surface area (Å²) in [5, 5.41) is 2.21. The molecule has 1 aromatic rings. The van der Waals surface area contributed by atoms with Crippen molar-refractivity contribution in [3.05, 3.63) is 21.9 Å². The van der Waals surface area contributed by atoms with Gasteiger partial charge in [0.15, 0.2) is 0 Å². The normalized spacial score (nSPS) is 11.0. The van der Waals surface area contributed by atoms with Gasteiger partial charge in [0.2, 0.25) is 0 Å². The Morgan fingerprint density at radius 3 is 2.83 bits per heavy atom. The molecule has 1 rings (SSSR count). The minimum atomic E-state index is 0.752. The van der Waals surface area contributed by atoms with Gasteiger partial charge < -0.3 is 10.6 Å². The number of thiophene rings is 1. The van der Waals surface area contributed by atoms with Gasteiger partial charge in [0.1, 0.15) is 0 Å². The van der Waals surface area contributed by atoms with Gasteiger partial charge in [-0.2, -0.15) is 0 Å². The van der Waals surface area contributed by atoms with Crippen LogP contribution in [0.5, 0.6) is 0 Å². The molecule has 0 fully saturated rings. The number of hydrogen-bond donors (Lipinski definition) is 1. The smallest absolute Gasteiger partial charge is 0.0235 e. The molecule has 0 aliphatic carbocycles. The van der Waals surface area contributed by atoms with Crippen LogP contribution in [0.25, 0.3) is 0 Å². The fraction of sp³-hybridized carbons (Fsp3) is 0.556. The molecule has 0 saturated heterocycles. The Kier molecular flexibility index (Phi) is 3.72. The molecule has 0 aliphatic rings. The summed E-state index contributed by atoms with van der Waals surface area (Å²) < 4.78 is 0. The van der Waals surface area contributed by atoms with E-state index in [0.717, 1.165) is 19.5 Å². The molecule has 68 valence electrons. The maximum absolute atomic E-state index is 5.47. The van der Waals surface area contributed by atoms with Crippen LogP contribution in [0.15, 0.2) is 11.4 Å². The number of nitrogens with zero attached hydrogens (tertiary/aromatic N) is 1. The lowest BCUT2D eigenvalue weighted by molar-refractivity contribution is 0.403. The van der Waals surface area contributed by atoms with E-state index in [0.29, 0.717) is 0 Å². The largest absolute Gasteiger partial charge is 0.330 e. The highest BCUT2D eigenvalue weighted by Gasteiger charge is 1.99. The van der Waals surface area contributed by atoms with Crippen LogP contribution in [0.4, 0.5) is 0 Å². The lowest BCUT2D eigenvalue weighted by atomic mass is 10.2. The van der Waals surface area contributed by atoms with E-state index in [4.69, 9.17) is 5.73 Å². The summed E-state index contributed by atoms with van der Waals surface area (Å²) in [6.07, 6.45) is 1.01. The van der Waals surface area contributed by atoms with Crippen LogP contribution in [0.1, 0.15) is 10.4 Å². The van der Waals surface area contributed by atoms with E-state index in [1.165, 1.54) is 10.4 Å². The lowest BCUT2D eigenvalue weighted by Crippen LogP contribution is -2.09.